The smallest absolute Gasteiger partial charge is 0.166 e. The van der Waals surface area contributed by atoms with Gasteiger partial charge in [-0.05, 0) is 40.7 Å². The second-order valence-corrected chi connectivity index (χ2v) is 5.24. The predicted molar refractivity (Wildman–Crippen MR) is 71.0 cm³/mol. The van der Waals surface area contributed by atoms with Gasteiger partial charge >= 0.3 is 0 Å². The highest BCUT2D eigenvalue weighted by Crippen LogP contribution is 2.54. The molecule has 1 N–H and O–H groups in total. The molecule has 4 rings (SSSR count). The van der Waals surface area contributed by atoms with Gasteiger partial charge in [-0.2, -0.15) is 0 Å². The summed E-state index contributed by atoms with van der Waals surface area (Å²) < 4.78 is 0. The van der Waals surface area contributed by atoms with Gasteiger partial charge in [0, 0.05) is 13.1 Å². The van der Waals surface area contributed by atoms with Crippen molar-refractivity contribution in [3.05, 3.63) is 57.5 Å². The first kappa shape index (κ1) is 10.2. The van der Waals surface area contributed by atoms with Crippen molar-refractivity contribution in [2.45, 2.75) is 18.4 Å². The minimum absolute atomic E-state index is 0.629. The van der Waals surface area contributed by atoms with Crippen LogP contribution < -0.4 is 5.32 Å². The Balaban J connectivity index is 2.11. The van der Waals surface area contributed by atoms with E-state index in [9.17, 15) is 4.91 Å². The maximum Gasteiger partial charge on any atom is 0.166 e. The number of hydrogen-bond acceptors (Lipinski definition) is 3. The molecule has 1 atom stereocenters. The van der Waals surface area contributed by atoms with Crippen LogP contribution in [0, 0.1) is 4.91 Å². The highest BCUT2D eigenvalue weighted by molar-refractivity contribution is 5.91. The van der Waals surface area contributed by atoms with E-state index in [1.54, 1.807) is 0 Å². The Labute approximate surface area is 106 Å². The summed E-state index contributed by atoms with van der Waals surface area (Å²) in [6, 6.07) is 8.20. The van der Waals surface area contributed by atoms with Crippen molar-refractivity contribution in [1.29, 1.82) is 0 Å². The van der Waals surface area contributed by atoms with Gasteiger partial charge in [-0.15, -0.1) is 4.91 Å². The third-order valence-corrected chi connectivity index (χ3v) is 4.37. The summed E-state index contributed by atoms with van der Waals surface area (Å²) in [6.07, 6.45) is 4.39. The van der Waals surface area contributed by atoms with E-state index in [1.165, 1.54) is 22.3 Å². The van der Waals surface area contributed by atoms with E-state index in [-0.39, 0.29) is 0 Å². The topological polar surface area (TPSA) is 41.5 Å². The van der Waals surface area contributed by atoms with E-state index in [1.807, 2.05) is 18.2 Å². The molecule has 1 aliphatic heterocycles. The first-order valence-electron chi connectivity index (χ1n) is 6.45. The van der Waals surface area contributed by atoms with E-state index >= 15 is 0 Å². The Kier molecular flexibility index (Phi) is 1.92. The van der Waals surface area contributed by atoms with Gasteiger partial charge < -0.3 is 5.32 Å². The van der Waals surface area contributed by atoms with Crippen LogP contribution in [-0.2, 0) is 5.54 Å². The summed E-state index contributed by atoms with van der Waals surface area (Å²) >= 11 is 0. The van der Waals surface area contributed by atoms with E-state index in [4.69, 9.17) is 0 Å². The second kappa shape index (κ2) is 3.39. The number of allylic oxidation sites excluding steroid dienone is 1. The molecule has 2 aliphatic carbocycles. The molecule has 0 saturated heterocycles. The zero-order valence-electron chi connectivity index (χ0n) is 10.1. The summed E-state index contributed by atoms with van der Waals surface area (Å²) in [5.74, 6) is 0. The van der Waals surface area contributed by atoms with Crippen LogP contribution in [0.25, 0.3) is 5.57 Å². The van der Waals surface area contributed by atoms with E-state index < -0.39 is 5.54 Å². The molecule has 1 aromatic carbocycles. The Bertz CT molecular complexity index is 615. The summed E-state index contributed by atoms with van der Waals surface area (Å²) in [4.78, 5) is 11.6. The summed E-state index contributed by atoms with van der Waals surface area (Å²) in [5, 5.41) is 6.92. The Morgan fingerprint density at radius 1 is 1.28 bits per heavy atom. The maximum absolute atomic E-state index is 11.6. The zero-order chi connectivity index (χ0) is 12.2. The van der Waals surface area contributed by atoms with Crippen LogP contribution in [0.15, 0.2) is 46.7 Å². The minimum Gasteiger partial charge on any atom is -0.310 e. The fraction of sp³-hybridized carbons (Fsp3) is 0.333. The molecule has 3 heteroatoms. The van der Waals surface area contributed by atoms with Gasteiger partial charge in [-0.3, -0.25) is 0 Å². The number of hydrogen-bond donors (Lipinski definition) is 1. The monoisotopic (exact) mass is 238 g/mol. The lowest BCUT2D eigenvalue weighted by Crippen LogP contribution is -2.42. The van der Waals surface area contributed by atoms with Crippen LogP contribution in [-0.4, -0.2) is 13.1 Å². The maximum atomic E-state index is 11.6. The number of nitroso groups, excluding NO2 is 1. The first-order chi connectivity index (χ1) is 8.87. The van der Waals surface area contributed by atoms with Gasteiger partial charge in [0.05, 0.1) is 0 Å². The molecule has 1 heterocycles. The number of benzene rings is 1. The molecule has 0 spiro atoms. The molecule has 1 aromatic rings. The largest absolute Gasteiger partial charge is 0.310 e. The fourth-order valence-corrected chi connectivity index (χ4v) is 3.66. The third-order valence-electron chi connectivity index (χ3n) is 4.37. The van der Waals surface area contributed by atoms with Gasteiger partial charge in [0.1, 0.15) is 0 Å². The summed E-state index contributed by atoms with van der Waals surface area (Å²) in [7, 11) is 0. The number of nitrogens with zero attached hydrogens (tertiary/aromatic N) is 1. The highest BCUT2D eigenvalue weighted by atomic mass is 16.3. The van der Waals surface area contributed by atoms with E-state index in [0.717, 1.165) is 24.9 Å². The highest BCUT2D eigenvalue weighted by Gasteiger charge is 2.50. The molecule has 0 bridgehead atoms. The lowest BCUT2D eigenvalue weighted by atomic mass is 9.79. The number of nitrogens with one attached hydrogen (secondary N) is 1. The second-order valence-electron chi connectivity index (χ2n) is 5.24. The molecule has 90 valence electrons. The standard InChI is InChI=1S/C15H14N2O/c18-17-15-9-16-8-10-4-3-6-12(14(10)15)11-5-1-2-7-13(11)15/h1-2,5-7,16H,3-4,8-9H2. The first-order valence-corrected chi connectivity index (χ1v) is 6.45. The van der Waals surface area contributed by atoms with Gasteiger partial charge in [0.2, 0.25) is 0 Å². The zero-order valence-corrected chi connectivity index (χ0v) is 10.1. The van der Waals surface area contributed by atoms with Crippen molar-refractivity contribution in [1.82, 2.24) is 5.32 Å². The minimum atomic E-state index is -0.670. The van der Waals surface area contributed by atoms with Gasteiger partial charge in [-0.1, -0.05) is 35.5 Å². The summed E-state index contributed by atoms with van der Waals surface area (Å²) in [6.45, 7) is 1.53. The van der Waals surface area contributed by atoms with Crippen LogP contribution in [0.3, 0.4) is 0 Å². The molecule has 18 heavy (non-hydrogen) atoms. The average Bonchev–Trinajstić information content (AvgIpc) is 2.74. The van der Waals surface area contributed by atoms with E-state index in [2.05, 4.69) is 22.6 Å². The van der Waals surface area contributed by atoms with Crippen LogP contribution in [0.4, 0.5) is 0 Å². The molecular formula is C15H14N2O. The van der Waals surface area contributed by atoms with Gasteiger partial charge in [0.15, 0.2) is 5.54 Å². The Morgan fingerprint density at radius 2 is 2.17 bits per heavy atom. The Morgan fingerprint density at radius 3 is 3.06 bits per heavy atom. The van der Waals surface area contributed by atoms with Crippen molar-refractivity contribution >= 4 is 5.57 Å². The molecule has 3 aliphatic rings. The lowest BCUT2D eigenvalue weighted by molar-refractivity contribution is 0.464. The fourth-order valence-electron chi connectivity index (χ4n) is 3.66. The molecule has 0 fully saturated rings. The SMILES string of the molecule is O=NC12CNCC3=C1C(=CCC3)c1ccccc12. The molecule has 0 aromatic heterocycles. The molecule has 1 unspecified atom stereocenters. The van der Waals surface area contributed by atoms with Crippen LogP contribution in [0.2, 0.25) is 0 Å². The quantitative estimate of drug-likeness (QED) is 0.764. The van der Waals surface area contributed by atoms with Crippen LogP contribution >= 0.6 is 0 Å². The van der Waals surface area contributed by atoms with Crippen molar-refractivity contribution in [3.8, 4) is 0 Å². The predicted octanol–water partition coefficient (Wildman–Crippen LogP) is 2.74. The third kappa shape index (κ3) is 1.03. The molecule has 3 nitrogen and oxygen atoms in total. The molecule has 0 amide bonds. The van der Waals surface area contributed by atoms with Gasteiger partial charge in [0.25, 0.3) is 0 Å². The Hall–Kier alpha value is -1.74. The van der Waals surface area contributed by atoms with Crippen molar-refractivity contribution in [2.24, 2.45) is 5.18 Å². The number of fused-ring (bicyclic) bond motifs is 3. The van der Waals surface area contributed by atoms with Gasteiger partial charge in [-0.25, -0.2) is 0 Å². The normalized spacial score (nSPS) is 28.6. The van der Waals surface area contributed by atoms with Crippen LogP contribution in [0.1, 0.15) is 24.0 Å². The van der Waals surface area contributed by atoms with E-state index in [0.29, 0.717) is 6.54 Å². The number of rotatable bonds is 1. The van der Waals surface area contributed by atoms with Crippen molar-refractivity contribution < 1.29 is 0 Å². The average molecular weight is 238 g/mol. The molecule has 0 saturated carbocycles. The van der Waals surface area contributed by atoms with Crippen molar-refractivity contribution in [3.63, 3.8) is 0 Å². The van der Waals surface area contributed by atoms with Crippen LogP contribution in [0.5, 0.6) is 0 Å². The summed E-state index contributed by atoms with van der Waals surface area (Å²) in [5.41, 5.74) is 5.43. The molecule has 0 radical (unpaired) electrons. The van der Waals surface area contributed by atoms with Crippen molar-refractivity contribution in [2.75, 3.05) is 13.1 Å². The lowest BCUT2D eigenvalue weighted by Gasteiger charge is -2.33. The molecular weight excluding hydrogens is 224 g/mol.